The van der Waals surface area contributed by atoms with E-state index < -0.39 is 10.0 Å². The topological polar surface area (TPSA) is 84.9 Å². The van der Waals surface area contributed by atoms with Crippen LogP contribution in [0, 0.1) is 5.92 Å². The molecule has 0 radical (unpaired) electrons. The van der Waals surface area contributed by atoms with Crippen molar-refractivity contribution < 1.29 is 22.7 Å². The second-order valence-corrected chi connectivity index (χ2v) is 11.3. The maximum Gasteiger partial charge on any atom is 0.223 e. The van der Waals surface area contributed by atoms with Gasteiger partial charge >= 0.3 is 0 Å². The van der Waals surface area contributed by atoms with Gasteiger partial charge in [-0.3, -0.25) is 4.79 Å². The van der Waals surface area contributed by atoms with Gasteiger partial charge in [-0.25, -0.2) is 12.7 Å². The Balaban J connectivity index is 1.57. The van der Waals surface area contributed by atoms with Crippen LogP contribution < -0.4 is 14.8 Å². The molecule has 2 aromatic rings. The summed E-state index contributed by atoms with van der Waals surface area (Å²) in [6, 6.07) is 10.2. The predicted octanol–water partition coefficient (Wildman–Crippen LogP) is 5.21. The van der Waals surface area contributed by atoms with Crippen molar-refractivity contribution in [3.8, 4) is 11.5 Å². The maximum absolute atomic E-state index is 12.9. The number of rotatable bonds is 10. The first-order chi connectivity index (χ1) is 16.6. The fraction of sp³-hybridized carbons (Fsp3) is 0.480. The zero-order chi connectivity index (χ0) is 25.6. The van der Waals surface area contributed by atoms with Crippen molar-refractivity contribution in [1.29, 1.82) is 0 Å². The van der Waals surface area contributed by atoms with Crippen LogP contribution in [0.1, 0.15) is 50.8 Å². The molecule has 2 aromatic carbocycles. The molecule has 1 amide bonds. The van der Waals surface area contributed by atoms with Gasteiger partial charge in [-0.15, -0.1) is 0 Å². The highest BCUT2D eigenvalue weighted by Crippen LogP contribution is 2.31. The minimum absolute atomic E-state index is 0.0814. The molecule has 1 heterocycles. The highest BCUT2D eigenvalue weighted by molar-refractivity contribution is 7.88. The number of halogens is 2. The van der Waals surface area contributed by atoms with Gasteiger partial charge < -0.3 is 14.8 Å². The molecule has 0 aliphatic carbocycles. The zero-order valence-electron chi connectivity index (χ0n) is 20.2. The molecule has 3 rings (SSSR count). The van der Waals surface area contributed by atoms with Gasteiger partial charge in [0.2, 0.25) is 15.9 Å². The molecule has 0 bridgehead atoms. The zero-order valence-corrected chi connectivity index (χ0v) is 22.5. The number of nitrogens with one attached hydrogen (secondary N) is 1. The quantitative estimate of drug-likeness (QED) is 0.445. The summed E-state index contributed by atoms with van der Waals surface area (Å²) in [5.41, 5.74) is 1.41. The maximum atomic E-state index is 12.9. The summed E-state index contributed by atoms with van der Waals surface area (Å²) in [5, 5.41) is 3.84. The van der Waals surface area contributed by atoms with Crippen LogP contribution >= 0.6 is 23.2 Å². The largest absolute Gasteiger partial charge is 0.490 e. The molecule has 1 fully saturated rings. The van der Waals surface area contributed by atoms with Crippen LogP contribution in [0.5, 0.6) is 11.5 Å². The van der Waals surface area contributed by atoms with Crippen molar-refractivity contribution in [2.45, 2.75) is 45.4 Å². The lowest BCUT2D eigenvalue weighted by Gasteiger charge is -2.31. The number of benzene rings is 2. The summed E-state index contributed by atoms with van der Waals surface area (Å²) < 4.78 is 38.5. The third-order valence-corrected chi connectivity index (χ3v) is 8.41. The van der Waals surface area contributed by atoms with Crippen molar-refractivity contribution >= 4 is 39.1 Å². The number of ether oxygens (including phenoxy) is 2. The number of hydrogen-bond donors (Lipinski definition) is 1. The normalized spacial score (nSPS) is 16.0. The molecular weight excluding hydrogens is 511 g/mol. The van der Waals surface area contributed by atoms with Gasteiger partial charge in [0.1, 0.15) is 0 Å². The number of nitrogens with zero attached hydrogens (tertiary/aromatic N) is 1. The molecule has 35 heavy (non-hydrogen) atoms. The molecule has 0 spiro atoms. The van der Waals surface area contributed by atoms with Crippen LogP contribution in [0.3, 0.4) is 0 Å². The Morgan fingerprint density at radius 2 is 1.71 bits per heavy atom. The standard InChI is InChI=1S/C25H32Cl2N2O5S/c1-4-33-23-9-7-19(14-24(23)34-5-2)17(3)28-25(30)18-10-12-29(13-11-18)35(31,32)16-20-6-8-21(26)15-22(20)27/h6-9,14-15,17-18H,4-5,10-13,16H2,1-3H3,(H,28,30)/t17-/m0/s1. The van der Waals surface area contributed by atoms with Crippen LogP contribution in [-0.2, 0) is 20.6 Å². The average molecular weight is 544 g/mol. The Morgan fingerprint density at radius 1 is 1.06 bits per heavy atom. The molecule has 0 unspecified atom stereocenters. The molecule has 0 aromatic heterocycles. The van der Waals surface area contributed by atoms with Crippen molar-refractivity contribution in [2.75, 3.05) is 26.3 Å². The van der Waals surface area contributed by atoms with E-state index in [0.29, 0.717) is 53.2 Å². The van der Waals surface area contributed by atoms with E-state index in [1.165, 1.54) is 10.4 Å². The summed E-state index contributed by atoms with van der Waals surface area (Å²) >= 11 is 12.1. The Morgan fingerprint density at radius 3 is 2.34 bits per heavy atom. The van der Waals surface area contributed by atoms with Crippen LogP contribution in [0.4, 0.5) is 0 Å². The molecule has 1 N–H and O–H groups in total. The van der Waals surface area contributed by atoms with Gasteiger partial charge in [-0.1, -0.05) is 35.3 Å². The monoisotopic (exact) mass is 542 g/mol. The lowest BCUT2D eigenvalue weighted by atomic mass is 9.96. The van der Waals surface area contributed by atoms with Crippen LogP contribution in [0.25, 0.3) is 0 Å². The summed E-state index contributed by atoms with van der Waals surface area (Å²) in [5.74, 6) is 0.785. The number of carbonyl (C=O) groups excluding carboxylic acids is 1. The smallest absolute Gasteiger partial charge is 0.223 e. The van der Waals surface area contributed by atoms with E-state index in [0.717, 1.165) is 5.56 Å². The summed E-state index contributed by atoms with van der Waals surface area (Å²) in [7, 11) is -3.56. The Kier molecular flexibility index (Phi) is 9.69. The van der Waals surface area contributed by atoms with Crippen molar-refractivity contribution in [1.82, 2.24) is 9.62 Å². The van der Waals surface area contributed by atoms with Crippen molar-refractivity contribution in [2.24, 2.45) is 5.92 Å². The van der Waals surface area contributed by atoms with Gasteiger partial charge in [0.15, 0.2) is 11.5 Å². The summed E-state index contributed by atoms with van der Waals surface area (Å²) in [6.45, 7) is 7.36. The Labute approximate surface area is 217 Å². The van der Waals surface area contributed by atoms with Gasteiger partial charge in [0, 0.05) is 29.1 Å². The van der Waals surface area contributed by atoms with E-state index in [4.69, 9.17) is 32.7 Å². The second kappa shape index (κ2) is 12.3. The fourth-order valence-electron chi connectivity index (χ4n) is 4.07. The fourth-order valence-corrected chi connectivity index (χ4v) is 6.22. The van der Waals surface area contributed by atoms with Crippen LogP contribution in [0.15, 0.2) is 36.4 Å². The van der Waals surface area contributed by atoms with E-state index in [1.807, 2.05) is 39.0 Å². The lowest BCUT2D eigenvalue weighted by molar-refractivity contribution is -0.126. The predicted molar refractivity (Wildman–Crippen MR) is 139 cm³/mol. The lowest BCUT2D eigenvalue weighted by Crippen LogP contribution is -2.43. The summed E-state index contributed by atoms with van der Waals surface area (Å²) in [6.07, 6.45) is 0.916. The van der Waals surface area contributed by atoms with E-state index >= 15 is 0 Å². The van der Waals surface area contributed by atoms with Gasteiger partial charge in [-0.2, -0.15) is 0 Å². The molecule has 192 valence electrons. The highest BCUT2D eigenvalue weighted by Gasteiger charge is 2.32. The molecule has 0 saturated carbocycles. The molecule has 10 heteroatoms. The van der Waals surface area contributed by atoms with Crippen molar-refractivity contribution in [3.05, 3.63) is 57.6 Å². The van der Waals surface area contributed by atoms with Gasteiger partial charge in [-0.05, 0) is 69.0 Å². The molecule has 1 saturated heterocycles. The van der Waals surface area contributed by atoms with E-state index in [2.05, 4.69) is 5.32 Å². The number of carbonyl (C=O) groups is 1. The highest BCUT2D eigenvalue weighted by atomic mass is 35.5. The average Bonchev–Trinajstić information content (AvgIpc) is 2.82. The number of piperidine rings is 1. The number of hydrogen-bond acceptors (Lipinski definition) is 5. The molecule has 1 atom stereocenters. The number of sulfonamides is 1. The number of amides is 1. The van der Waals surface area contributed by atoms with Crippen molar-refractivity contribution in [3.63, 3.8) is 0 Å². The molecule has 1 aliphatic rings. The van der Waals surface area contributed by atoms with E-state index in [1.54, 1.807) is 12.1 Å². The Hall–Kier alpha value is -2.00. The third kappa shape index (κ3) is 7.26. The molecular formula is C25H32Cl2N2O5S. The molecule has 1 aliphatic heterocycles. The van der Waals surface area contributed by atoms with Gasteiger partial charge in [0.05, 0.1) is 25.0 Å². The first-order valence-corrected chi connectivity index (χ1v) is 14.1. The van der Waals surface area contributed by atoms with Gasteiger partial charge in [0.25, 0.3) is 0 Å². The minimum Gasteiger partial charge on any atom is -0.490 e. The first kappa shape index (κ1) is 27.6. The molecule has 7 nitrogen and oxygen atoms in total. The third-order valence-electron chi connectivity index (χ3n) is 6.00. The SMILES string of the molecule is CCOc1ccc([C@H](C)NC(=O)C2CCN(S(=O)(=O)Cc3ccc(Cl)cc3Cl)CC2)cc1OCC. The Bertz CT molecular complexity index is 1130. The van der Waals surface area contributed by atoms with E-state index in [-0.39, 0.29) is 36.7 Å². The summed E-state index contributed by atoms with van der Waals surface area (Å²) in [4.78, 5) is 12.9. The minimum atomic E-state index is -3.56. The van der Waals surface area contributed by atoms with E-state index in [9.17, 15) is 13.2 Å². The second-order valence-electron chi connectivity index (χ2n) is 8.47. The first-order valence-electron chi connectivity index (χ1n) is 11.8. The van der Waals surface area contributed by atoms with Crippen LogP contribution in [0.2, 0.25) is 10.0 Å². The van der Waals surface area contributed by atoms with Crippen LogP contribution in [-0.4, -0.2) is 44.9 Å².